The summed E-state index contributed by atoms with van der Waals surface area (Å²) in [6.07, 6.45) is -2.77. The van der Waals surface area contributed by atoms with Gasteiger partial charge < -0.3 is 15.0 Å². The standard InChI is InChI=1S/C24H24F3N3O2/c1-4-14-28-23-29-21(18-8-6-5-7-9-18)20(22(31)32-3)16(2)30(23)15-17-10-12-19(13-11-17)24(25,26)27/h4-13,21H,1,14-15H2,2-3H3,(H,28,29). The number of halogens is 3. The third-order valence-electron chi connectivity index (χ3n) is 5.14. The zero-order chi connectivity index (χ0) is 23.3. The molecule has 1 N–H and O–H groups in total. The van der Waals surface area contributed by atoms with Gasteiger partial charge in [0.05, 0.1) is 37.4 Å². The summed E-state index contributed by atoms with van der Waals surface area (Å²) < 4.78 is 43.8. The summed E-state index contributed by atoms with van der Waals surface area (Å²) in [6, 6.07) is 13.8. The number of nitrogens with zero attached hydrogens (tertiary/aromatic N) is 2. The first-order valence-electron chi connectivity index (χ1n) is 9.95. The highest BCUT2D eigenvalue weighted by Crippen LogP contribution is 2.33. The van der Waals surface area contributed by atoms with Crippen LogP contribution in [0.3, 0.4) is 0 Å². The lowest BCUT2D eigenvalue weighted by molar-refractivity contribution is -0.138. The van der Waals surface area contributed by atoms with Gasteiger partial charge in [0.2, 0.25) is 0 Å². The predicted molar refractivity (Wildman–Crippen MR) is 117 cm³/mol. The fourth-order valence-electron chi connectivity index (χ4n) is 3.52. The highest BCUT2D eigenvalue weighted by molar-refractivity contribution is 5.96. The second kappa shape index (κ2) is 9.72. The Labute approximate surface area is 184 Å². The molecule has 0 aliphatic carbocycles. The molecule has 0 saturated carbocycles. The molecule has 0 amide bonds. The van der Waals surface area contributed by atoms with E-state index in [-0.39, 0.29) is 6.54 Å². The third-order valence-corrected chi connectivity index (χ3v) is 5.14. The van der Waals surface area contributed by atoms with Gasteiger partial charge >= 0.3 is 12.1 Å². The number of ether oxygens (including phenoxy) is 1. The quantitative estimate of drug-likeness (QED) is 0.513. The van der Waals surface area contributed by atoms with Gasteiger partial charge in [-0.15, -0.1) is 6.58 Å². The highest BCUT2D eigenvalue weighted by atomic mass is 19.4. The highest BCUT2D eigenvalue weighted by Gasteiger charge is 2.35. The van der Waals surface area contributed by atoms with Crippen molar-refractivity contribution in [2.45, 2.75) is 25.7 Å². The lowest BCUT2D eigenvalue weighted by Crippen LogP contribution is -2.48. The molecule has 168 valence electrons. The molecule has 2 aromatic rings. The molecule has 5 nitrogen and oxygen atoms in total. The van der Waals surface area contributed by atoms with Gasteiger partial charge in [-0.05, 0) is 30.2 Å². The van der Waals surface area contributed by atoms with E-state index in [1.165, 1.54) is 19.2 Å². The molecule has 8 heteroatoms. The van der Waals surface area contributed by atoms with Gasteiger partial charge in [-0.3, -0.25) is 0 Å². The zero-order valence-electron chi connectivity index (χ0n) is 17.8. The molecular formula is C24H24F3N3O2. The summed E-state index contributed by atoms with van der Waals surface area (Å²) in [7, 11) is 1.31. The monoisotopic (exact) mass is 443 g/mol. The van der Waals surface area contributed by atoms with Crippen molar-refractivity contribution in [1.29, 1.82) is 0 Å². The number of hydrogen-bond donors (Lipinski definition) is 1. The summed E-state index contributed by atoms with van der Waals surface area (Å²) in [5.41, 5.74) is 1.78. The number of carbonyl (C=O) groups is 1. The van der Waals surface area contributed by atoms with Crippen LogP contribution in [0, 0.1) is 0 Å². The fraction of sp³-hybridized carbons (Fsp3) is 0.250. The predicted octanol–water partition coefficient (Wildman–Crippen LogP) is 4.84. The first-order chi connectivity index (χ1) is 15.3. The Bertz CT molecular complexity index is 1030. The Morgan fingerprint density at radius 1 is 1.19 bits per heavy atom. The second-order valence-corrected chi connectivity index (χ2v) is 7.21. The first kappa shape index (κ1) is 23.1. The summed E-state index contributed by atoms with van der Waals surface area (Å²) in [6.45, 7) is 6.01. The van der Waals surface area contributed by atoms with Crippen LogP contribution >= 0.6 is 0 Å². The molecule has 2 aromatic carbocycles. The maximum atomic E-state index is 12.9. The summed E-state index contributed by atoms with van der Waals surface area (Å²) in [5.74, 6) is -0.00662. The number of rotatable bonds is 6. The number of allylic oxidation sites excluding steroid dienone is 1. The molecule has 3 rings (SSSR count). The second-order valence-electron chi connectivity index (χ2n) is 7.21. The Kier molecular flexibility index (Phi) is 7.02. The number of aliphatic imine (C=N–C) groups is 1. The van der Waals surface area contributed by atoms with Crippen molar-refractivity contribution in [1.82, 2.24) is 10.2 Å². The van der Waals surface area contributed by atoms with Crippen LogP contribution in [-0.2, 0) is 22.3 Å². The minimum absolute atomic E-state index is 0.217. The van der Waals surface area contributed by atoms with Gasteiger partial charge in [0.15, 0.2) is 5.96 Å². The molecule has 1 atom stereocenters. The molecule has 0 bridgehead atoms. The number of methoxy groups -OCH3 is 1. The van der Waals surface area contributed by atoms with Gasteiger partial charge in [0.1, 0.15) is 0 Å². The van der Waals surface area contributed by atoms with Gasteiger partial charge in [0.25, 0.3) is 0 Å². The Hall–Kier alpha value is -3.55. The van der Waals surface area contributed by atoms with Gasteiger partial charge in [-0.25, -0.2) is 9.79 Å². The van der Waals surface area contributed by atoms with E-state index in [0.29, 0.717) is 29.3 Å². The van der Waals surface area contributed by atoms with E-state index < -0.39 is 23.8 Å². The van der Waals surface area contributed by atoms with Crippen LogP contribution in [0.1, 0.15) is 29.7 Å². The molecule has 1 aliphatic rings. The SMILES string of the molecule is C=CCN=C1NC(c2ccccc2)C(C(=O)OC)=C(C)N1Cc1ccc(C(F)(F)F)cc1. The summed E-state index contributed by atoms with van der Waals surface area (Å²) in [5, 5.41) is 3.30. The maximum absolute atomic E-state index is 12.9. The normalized spacial score (nSPS) is 17.8. The molecule has 0 spiro atoms. The van der Waals surface area contributed by atoms with Gasteiger partial charge in [-0.1, -0.05) is 48.5 Å². The maximum Gasteiger partial charge on any atom is 0.416 e. The van der Waals surface area contributed by atoms with E-state index in [0.717, 1.165) is 17.7 Å². The molecule has 0 saturated heterocycles. The summed E-state index contributed by atoms with van der Waals surface area (Å²) >= 11 is 0. The fourth-order valence-corrected chi connectivity index (χ4v) is 3.52. The van der Waals surface area contributed by atoms with Crippen LogP contribution in [0.2, 0.25) is 0 Å². The number of alkyl halides is 3. The van der Waals surface area contributed by atoms with Crippen LogP contribution in [0.4, 0.5) is 13.2 Å². The number of carbonyl (C=O) groups excluding carboxylic acids is 1. The van der Waals surface area contributed by atoms with E-state index in [4.69, 9.17) is 4.74 Å². The van der Waals surface area contributed by atoms with Crippen molar-refractivity contribution in [2.75, 3.05) is 13.7 Å². The minimum Gasteiger partial charge on any atom is -0.466 e. The van der Waals surface area contributed by atoms with Gasteiger partial charge in [-0.2, -0.15) is 13.2 Å². The molecule has 1 unspecified atom stereocenters. The topological polar surface area (TPSA) is 53.9 Å². The Balaban J connectivity index is 2.05. The van der Waals surface area contributed by atoms with Crippen LogP contribution in [0.15, 0.2) is 83.5 Å². The first-order valence-corrected chi connectivity index (χ1v) is 9.95. The Morgan fingerprint density at radius 2 is 1.84 bits per heavy atom. The van der Waals surface area contributed by atoms with Crippen LogP contribution < -0.4 is 5.32 Å². The van der Waals surface area contributed by atoms with E-state index >= 15 is 0 Å². The lowest BCUT2D eigenvalue weighted by Gasteiger charge is -2.38. The number of guanidine groups is 1. The van der Waals surface area contributed by atoms with Crippen molar-refractivity contribution >= 4 is 11.9 Å². The summed E-state index contributed by atoms with van der Waals surface area (Å²) in [4.78, 5) is 19.0. The largest absolute Gasteiger partial charge is 0.466 e. The molecule has 0 fully saturated rings. The molecule has 1 aliphatic heterocycles. The smallest absolute Gasteiger partial charge is 0.416 e. The molecule has 32 heavy (non-hydrogen) atoms. The minimum atomic E-state index is -4.40. The third kappa shape index (κ3) is 5.01. The average molecular weight is 443 g/mol. The van der Waals surface area contributed by atoms with Crippen molar-refractivity contribution in [3.05, 3.63) is 95.2 Å². The van der Waals surface area contributed by atoms with E-state index in [2.05, 4.69) is 16.9 Å². The Morgan fingerprint density at radius 3 is 2.41 bits per heavy atom. The number of nitrogens with one attached hydrogen (secondary N) is 1. The average Bonchev–Trinajstić information content (AvgIpc) is 2.79. The van der Waals surface area contributed by atoms with Crippen molar-refractivity contribution in [2.24, 2.45) is 4.99 Å². The van der Waals surface area contributed by atoms with Crippen molar-refractivity contribution in [3.63, 3.8) is 0 Å². The van der Waals surface area contributed by atoms with E-state index in [1.807, 2.05) is 30.3 Å². The van der Waals surface area contributed by atoms with Crippen LogP contribution in [-0.4, -0.2) is 30.5 Å². The number of hydrogen-bond acceptors (Lipinski definition) is 3. The molecule has 0 aromatic heterocycles. The van der Waals surface area contributed by atoms with E-state index in [1.54, 1.807) is 17.9 Å². The lowest BCUT2D eigenvalue weighted by atomic mass is 9.94. The van der Waals surface area contributed by atoms with E-state index in [9.17, 15) is 18.0 Å². The molecule has 0 radical (unpaired) electrons. The van der Waals surface area contributed by atoms with Crippen LogP contribution in [0.25, 0.3) is 0 Å². The van der Waals surface area contributed by atoms with Crippen molar-refractivity contribution in [3.8, 4) is 0 Å². The number of benzene rings is 2. The zero-order valence-corrected chi connectivity index (χ0v) is 17.8. The van der Waals surface area contributed by atoms with Crippen LogP contribution in [0.5, 0.6) is 0 Å². The molecule has 1 heterocycles. The number of esters is 1. The molecular weight excluding hydrogens is 419 g/mol. The van der Waals surface area contributed by atoms with Crippen molar-refractivity contribution < 1.29 is 22.7 Å². The van der Waals surface area contributed by atoms with Gasteiger partial charge in [0, 0.05) is 5.70 Å².